The normalized spacial score (nSPS) is 23.6. The van der Waals surface area contributed by atoms with Crippen molar-refractivity contribution < 1.29 is 4.79 Å². The van der Waals surface area contributed by atoms with Crippen LogP contribution in [-0.4, -0.2) is 44.6 Å². The van der Waals surface area contributed by atoms with Crippen LogP contribution in [-0.2, 0) is 6.42 Å². The zero-order valence-electron chi connectivity index (χ0n) is 11.7. The van der Waals surface area contributed by atoms with Crippen molar-refractivity contribution in [1.29, 1.82) is 0 Å². The lowest BCUT2D eigenvalue weighted by atomic mass is 9.96. The number of carbonyl (C=O) groups excluding carboxylic acids is 1. The molecule has 1 aliphatic heterocycles. The molecule has 6 nitrogen and oxygen atoms in total. The van der Waals surface area contributed by atoms with E-state index >= 15 is 0 Å². The average Bonchev–Trinajstić information content (AvgIpc) is 2.86. The van der Waals surface area contributed by atoms with E-state index in [2.05, 4.69) is 29.0 Å². The summed E-state index contributed by atoms with van der Waals surface area (Å²) in [5, 5.41) is 6.88. The minimum absolute atomic E-state index is 0.0961. The summed E-state index contributed by atoms with van der Waals surface area (Å²) in [6.45, 7) is 4.64. The molecule has 1 fully saturated rings. The van der Waals surface area contributed by atoms with Crippen molar-refractivity contribution in [3.05, 3.63) is 11.6 Å². The Kier molecular flexibility index (Phi) is 4.52. The van der Waals surface area contributed by atoms with Gasteiger partial charge in [0.15, 0.2) is 0 Å². The van der Waals surface area contributed by atoms with Gasteiger partial charge in [0.25, 0.3) is 5.91 Å². The number of rotatable bonds is 4. The molecule has 0 bridgehead atoms. The van der Waals surface area contributed by atoms with Crippen molar-refractivity contribution in [3.8, 4) is 0 Å². The van der Waals surface area contributed by atoms with Gasteiger partial charge < -0.3 is 10.6 Å². The summed E-state index contributed by atoms with van der Waals surface area (Å²) in [5.41, 5.74) is 5.78. The number of nitrogens with two attached hydrogens (primary N) is 1. The number of nitrogens with zero attached hydrogens (tertiary/aromatic N) is 3. The van der Waals surface area contributed by atoms with E-state index in [0.717, 1.165) is 37.9 Å². The minimum atomic E-state index is -0.0961. The van der Waals surface area contributed by atoms with Crippen LogP contribution in [0.5, 0.6) is 0 Å². The predicted octanol–water partition coefficient (Wildman–Crippen LogP) is 1.10. The summed E-state index contributed by atoms with van der Waals surface area (Å²) in [5.74, 6) is 0.955. The molecule has 1 aromatic rings. The lowest BCUT2D eigenvalue weighted by Crippen LogP contribution is -2.52. The molecule has 0 spiro atoms. The van der Waals surface area contributed by atoms with Gasteiger partial charge in [-0.3, -0.25) is 9.89 Å². The van der Waals surface area contributed by atoms with Crippen molar-refractivity contribution in [2.24, 2.45) is 5.73 Å². The first-order valence-electron chi connectivity index (χ1n) is 7.11. The zero-order chi connectivity index (χ0) is 13.8. The summed E-state index contributed by atoms with van der Waals surface area (Å²) >= 11 is 0. The molecule has 106 valence electrons. The van der Waals surface area contributed by atoms with E-state index in [9.17, 15) is 4.79 Å². The molecule has 2 rings (SSSR count). The van der Waals surface area contributed by atoms with Gasteiger partial charge in [-0.25, -0.2) is 4.98 Å². The Labute approximate surface area is 113 Å². The maximum Gasteiger partial charge on any atom is 0.294 e. The van der Waals surface area contributed by atoms with Gasteiger partial charge in [-0.15, -0.1) is 5.10 Å². The van der Waals surface area contributed by atoms with E-state index in [1.807, 2.05) is 4.90 Å². The molecule has 1 aromatic heterocycles. The number of amides is 1. The van der Waals surface area contributed by atoms with Crippen LogP contribution in [0.3, 0.4) is 0 Å². The second-order valence-corrected chi connectivity index (χ2v) is 5.24. The molecule has 1 saturated heterocycles. The van der Waals surface area contributed by atoms with Crippen LogP contribution in [0.2, 0.25) is 0 Å². The van der Waals surface area contributed by atoms with Crippen LogP contribution in [0, 0.1) is 0 Å². The Morgan fingerprint density at radius 2 is 2.32 bits per heavy atom. The molecule has 19 heavy (non-hydrogen) atoms. The van der Waals surface area contributed by atoms with Crippen molar-refractivity contribution >= 4 is 5.91 Å². The van der Waals surface area contributed by atoms with E-state index in [4.69, 9.17) is 5.73 Å². The van der Waals surface area contributed by atoms with E-state index in [1.165, 1.54) is 0 Å². The van der Waals surface area contributed by atoms with Gasteiger partial charge in [0.05, 0.1) is 0 Å². The van der Waals surface area contributed by atoms with Crippen molar-refractivity contribution in [3.63, 3.8) is 0 Å². The number of aromatic nitrogens is 3. The standard InChI is InChI=1S/C13H23N5O/c1-3-5-11-15-12(17-16-11)13(19)18-9(2)6-4-7-10(18)8-14/h9-10H,3-8,14H2,1-2H3,(H,15,16,17). The molecule has 2 heterocycles. The lowest BCUT2D eigenvalue weighted by molar-refractivity contribution is 0.0482. The quantitative estimate of drug-likeness (QED) is 0.853. The molecule has 6 heteroatoms. The van der Waals surface area contributed by atoms with Crippen LogP contribution in [0.4, 0.5) is 0 Å². The predicted molar refractivity (Wildman–Crippen MR) is 72.7 cm³/mol. The van der Waals surface area contributed by atoms with Gasteiger partial charge >= 0.3 is 0 Å². The van der Waals surface area contributed by atoms with Gasteiger partial charge in [0.2, 0.25) is 5.82 Å². The number of H-pyrrole nitrogens is 1. The maximum atomic E-state index is 12.5. The number of hydrogen-bond acceptors (Lipinski definition) is 4. The highest BCUT2D eigenvalue weighted by Crippen LogP contribution is 2.23. The van der Waals surface area contributed by atoms with Crippen molar-refractivity contribution in [2.45, 2.75) is 58.0 Å². The summed E-state index contributed by atoms with van der Waals surface area (Å²) in [7, 11) is 0. The SMILES string of the molecule is CCCc1nc(C(=O)N2C(C)CCCC2CN)n[nH]1. The van der Waals surface area contributed by atoms with Gasteiger partial charge in [-0.2, -0.15) is 0 Å². The maximum absolute atomic E-state index is 12.5. The lowest BCUT2D eigenvalue weighted by Gasteiger charge is -2.39. The van der Waals surface area contributed by atoms with E-state index in [-0.39, 0.29) is 23.8 Å². The second kappa shape index (κ2) is 6.14. The van der Waals surface area contributed by atoms with Gasteiger partial charge in [-0.05, 0) is 32.6 Å². The topological polar surface area (TPSA) is 87.9 Å². The Hall–Kier alpha value is -1.43. The minimum Gasteiger partial charge on any atom is -0.329 e. The Bertz CT molecular complexity index is 430. The molecule has 0 aromatic carbocycles. The van der Waals surface area contributed by atoms with Crippen LogP contribution in [0.15, 0.2) is 0 Å². The van der Waals surface area contributed by atoms with Crippen molar-refractivity contribution in [2.75, 3.05) is 6.54 Å². The molecule has 0 saturated carbocycles. The third kappa shape index (κ3) is 2.94. The fraction of sp³-hybridized carbons (Fsp3) is 0.769. The van der Waals surface area contributed by atoms with Gasteiger partial charge in [0.1, 0.15) is 5.82 Å². The number of likely N-dealkylation sites (tertiary alicyclic amines) is 1. The highest BCUT2D eigenvalue weighted by atomic mass is 16.2. The molecule has 1 amide bonds. The second-order valence-electron chi connectivity index (χ2n) is 5.24. The summed E-state index contributed by atoms with van der Waals surface area (Å²) < 4.78 is 0. The number of piperidine rings is 1. The number of aromatic amines is 1. The largest absolute Gasteiger partial charge is 0.329 e. The van der Waals surface area contributed by atoms with Crippen LogP contribution in [0.25, 0.3) is 0 Å². The molecule has 2 atom stereocenters. The Balaban J connectivity index is 2.15. The van der Waals surface area contributed by atoms with Gasteiger partial charge in [0, 0.05) is 25.0 Å². The third-order valence-electron chi connectivity index (χ3n) is 3.74. The first-order chi connectivity index (χ1) is 9.17. The summed E-state index contributed by atoms with van der Waals surface area (Å²) in [6.07, 6.45) is 4.92. The fourth-order valence-electron chi connectivity index (χ4n) is 2.74. The van der Waals surface area contributed by atoms with Crippen LogP contribution >= 0.6 is 0 Å². The number of nitrogens with one attached hydrogen (secondary N) is 1. The van der Waals surface area contributed by atoms with Crippen LogP contribution < -0.4 is 5.73 Å². The number of hydrogen-bond donors (Lipinski definition) is 2. The highest BCUT2D eigenvalue weighted by Gasteiger charge is 2.33. The molecule has 3 N–H and O–H groups in total. The molecule has 0 radical (unpaired) electrons. The number of aryl methyl sites for hydroxylation is 1. The molecular formula is C13H23N5O. The van der Waals surface area contributed by atoms with Crippen LogP contribution in [0.1, 0.15) is 56.0 Å². The molecule has 1 aliphatic rings. The average molecular weight is 265 g/mol. The first kappa shape index (κ1) is 14.0. The first-order valence-corrected chi connectivity index (χ1v) is 7.11. The van der Waals surface area contributed by atoms with E-state index < -0.39 is 0 Å². The van der Waals surface area contributed by atoms with Crippen molar-refractivity contribution in [1.82, 2.24) is 20.1 Å². The van der Waals surface area contributed by atoms with E-state index in [0.29, 0.717) is 6.54 Å². The third-order valence-corrected chi connectivity index (χ3v) is 3.74. The molecule has 0 aliphatic carbocycles. The monoisotopic (exact) mass is 265 g/mol. The highest BCUT2D eigenvalue weighted by molar-refractivity contribution is 5.91. The smallest absolute Gasteiger partial charge is 0.294 e. The fourth-order valence-corrected chi connectivity index (χ4v) is 2.74. The Morgan fingerprint density at radius 1 is 1.53 bits per heavy atom. The zero-order valence-corrected chi connectivity index (χ0v) is 11.7. The molecule has 2 unspecified atom stereocenters. The van der Waals surface area contributed by atoms with Gasteiger partial charge in [-0.1, -0.05) is 6.92 Å². The Morgan fingerprint density at radius 3 is 3.00 bits per heavy atom. The number of carbonyl (C=O) groups is 1. The summed E-state index contributed by atoms with van der Waals surface area (Å²) in [6, 6.07) is 0.326. The molecular weight excluding hydrogens is 242 g/mol. The van der Waals surface area contributed by atoms with E-state index in [1.54, 1.807) is 0 Å². The summed E-state index contributed by atoms with van der Waals surface area (Å²) in [4.78, 5) is 18.7.